The molecule has 1 saturated carbocycles. The number of hydrogen-bond donors (Lipinski definition) is 2. The molecule has 4 N–H and O–H groups in total. The number of para-hydroxylation sites is 1. The van der Waals surface area contributed by atoms with Gasteiger partial charge in [0.05, 0.1) is 5.70 Å². The first-order chi connectivity index (χ1) is 14.1. The Kier molecular flexibility index (Phi) is 5.71. The Morgan fingerprint density at radius 3 is 2.17 bits per heavy atom. The largest absolute Gasteiger partial charge is 0.336 e. The number of benzene rings is 1. The molecule has 0 radical (unpaired) electrons. The summed E-state index contributed by atoms with van der Waals surface area (Å²) in [7, 11) is 0. The summed E-state index contributed by atoms with van der Waals surface area (Å²) in [5, 5.41) is 0.981. The molecule has 1 fully saturated rings. The van der Waals surface area contributed by atoms with Gasteiger partial charge in [-0.2, -0.15) is 0 Å². The molecule has 0 aromatic heterocycles. The Morgan fingerprint density at radius 2 is 1.60 bits per heavy atom. The van der Waals surface area contributed by atoms with E-state index in [9.17, 15) is 0 Å². The van der Waals surface area contributed by atoms with Crippen molar-refractivity contribution in [3.05, 3.63) is 40.1 Å². The third kappa shape index (κ3) is 3.67. The highest BCUT2D eigenvalue weighted by atomic mass is 32.2. The van der Waals surface area contributed by atoms with Crippen LogP contribution in [0.2, 0.25) is 0 Å². The van der Waals surface area contributed by atoms with Crippen LogP contribution in [0.25, 0.3) is 0 Å². The molecule has 2 unspecified atom stereocenters. The summed E-state index contributed by atoms with van der Waals surface area (Å²) >= 11 is 1.62. The first kappa shape index (κ1) is 21.7. The second kappa shape index (κ2) is 7.88. The molecular formula is C24H37N5S. The summed E-state index contributed by atoms with van der Waals surface area (Å²) < 4.78 is 0. The highest BCUT2D eigenvalue weighted by Crippen LogP contribution is 2.47. The zero-order valence-electron chi connectivity index (χ0n) is 19.3. The van der Waals surface area contributed by atoms with Crippen molar-refractivity contribution < 1.29 is 0 Å². The molecule has 1 aromatic carbocycles. The van der Waals surface area contributed by atoms with Crippen molar-refractivity contribution in [2.24, 2.45) is 27.8 Å². The zero-order chi connectivity index (χ0) is 21.8. The zero-order valence-corrected chi connectivity index (χ0v) is 20.1. The lowest BCUT2D eigenvalue weighted by Crippen LogP contribution is -2.57. The SMILES string of the molecule is CC1=NC2=C(C(N)N1C1CCC(C(C)(C)C)CC1)N(c1c(C)cccc1C)C(N)S2. The molecular weight excluding hydrogens is 390 g/mol. The topological polar surface area (TPSA) is 70.9 Å². The third-order valence-electron chi connectivity index (χ3n) is 7.18. The second-order valence-corrected chi connectivity index (χ2v) is 11.3. The summed E-state index contributed by atoms with van der Waals surface area (Å²) in [6, 6.07) is 6.83. The predicted octanol–water partition coefficient (Wildman–Crippen LogP) is 4.89. The molecule has 5 nitrogen and oxygen atoms in total. The number of amidine groups is 1. The van der Waals surface area contributed by atoms with Gasteiger partial charge in [0.25, 0.3) is 0 Å². The van der Waals surface area contributed by atoms with Gasteiger partial charge in [0.15, 0.2) is 0 Å². The highest BCUT2D eigenvalue weighted by Gasteiger charge is 2.43. The quantitative estimate of drug-likeness (QED) is 0.703. The number of hydrogen-bond acceptors (Lipinski definition) is 6. The van der Waals surface area contributed by atoms with E-state index in [-0.39, 0.29) is 11.7 Å². The monoisotopic (exact) mass is 427 g/mol. The van der Waals surface area contributed by atoms with Crippen molar-refractivity contribution in [1.82, 2.24) is 4.90 Å². The summed E-state index contributed by atoms with van der Waals surface area (Å²) in [6.07, 6.45) is 4.65. The number of thioether (sulfide) groups is 1. The van der Waals surface area contributed by atoms with E-state index in [0.29, 0.717) is 11.5 Å². The van der Waals surface area contributed by atoms with Gasteiger partial charge in [-0.1, -0.05) is 50.7 Å². The van der Waals surface area contributed by atoms with Gasteiger partial charge in [0, 0.05) is 11.7 Å². The Hall–Kier alpha value is -1.50. The van der Waals surface area contributed by atoms with Crippen molar-refractivity contribution in [3.63, 3.8) is 0 Å². The van der Waals surface area contributed by atoms with Crippen molar-refractivity contribution in [2.45, 2.75) is 84.9 Å². The molecule has 4 rings (SSSR count). The molecule has 3 aliphatic rings. The molecule has 1 aliphatic carbocycles. The van der Waals surface area contributed by atoms with E-state index < -0.39 is 0 Å². The summed E-state index contributed by atoms with van der Waals surface area (Å²) in [6.45, 7) is 13.5. The van der Waals surface area contributed by atoms with Crippen LogP contribution >= 0.6 is 11.8 Å². The van der Waals surface area contributed by atoms with E-state index in [4.69, 9.17) is 16.5 Å². The average Bonchev–Trinajstić information content (AvgIpc) is 2.97. The van der Waals surface area contributed by atoms with Gasteiger partial charge in [-0.15, -0.1) is 0 Å². The normalized spacial score (nSPS) is 29.9. The van der Waals surface area contributed by atoms with Gasteiger partial charge in [-0.25, -0.2) is 4.99 Å². The predicted molar refractivity (Wildman–Crippen MR) is 129 cm³/mol. The number of rotatable bonds is 2. The van der Waals surface area contributed by atoms with Crippen LogP contribution in [0.1, 0.15) is 64.5 Å². The molecule has 0 amide bonds. The van der Waals surface area contributed by atoms with Crippen molar-refractivity contribution in [1.29, 1.82) is 0 Å². The number of anilines is 1. The fourth-order valence-corrected chi connectivity index (χ4v) is 6.58. The van der Waals surface area contributed by atoms with Crippen molar-refractivity contribution in [2.75, 3.05) is 4.90 Å². The summed E-state index contributed by atoms with van der Waals surface area (Å²) in [4.78, 5) is 9.60. The molecule has 0 saturated heterocycles. The first-order valence-corrected chi connectivity index (χ1v) is 12.1. The van der Waals surface area contributed by atoms with Crippen LogP contribution in [-0.2, 0) is 0 Å². The van der Waals surface area contributed by atoms with Crippen LogP contribution < -0.4 is 16.4 Å². The number of aryl methyl sites for hydroxylation is 2. The first-order valence-electron chi connectivity index (χ1n) is 11.2. The summed E-state index contributed by atoms with van der Waals surface area (Å²) in [5.74, 6) is 1.81. The van der Waals surface area contributed by atoms with E-state index in [2.05, 4.69) is 69.5 Å². The molecule has 0 bridgehead atoms. The van der Waals surface area contributed by atoms with Crippen LogP contribution in [0.15, 0.2) is 33.9 Å². The maximum Gasteiger partial charge on any atom is 0.136 e. The maximum absolute atomic E-state index is 6.97. The van der Waals surface area contributed by atoms with Crippen LogP contribution in [0.3, 0.4) is 0 Å². The lowest BCUT2D eigenvalue weighted by Gasteiger charge is -2.46. The number of nitrogens with two attached hydrogens (primary N) is 2. The minimum absolute atomic E-state index is 0.200. The number of nitrogens with zero attached hydrogens (tertiary/aromatic N) is 3. The minimum Gasteiger partial charge on any atom is -0.336 e. The van der Waals surface area contributed by atoms with Gasteiger partial charge in [0.2, 0.25) is 0 Å². The Balaban J connectivity index is 1.63. The van der Waals surface area contributed by atoms with Crippen molar-refractivity contribution in [3.8, 4) is 0 Å². The molecule has 164 valence electrons. The number of aliphatic imine (C=N–C) groups is 1. The molecule has 1 aromatic rings. The fourth-order valence-electron chi connectivity index (χ4n) is 5.50. The van der Waals surface area contributed by atoms with Crippen LogP contribution in [-0.4, -0.2) is 28.4 Å². The van der Waals surface area contributed by atoms with Crippen LogP contribution in [0, 0.1) is 25.2 Å². The highest BCUT2D eigenvalue weighted by molar-refractivity contribution is 8.04. The molecule has 2 heterocycles. The third-order valence-corrected chi connectivity index (χ3v) is 8.15. The molecule has 6 heteroatoms. The second-order valence-electron chi connectivity index (χ2n) is 10.2. The smallest absolute Gasteiger partial charge is 0.136 e. The Morgan fingerprint density at radius 1 is 1.00 bits per heavy atom. The van der Waals surface area contributed by atoms with Gasteiger partial charge in [-0.3, -0.25) is 0 Å². The van der Waals surface area contributed by atoms with E-state index in [1.54, 1.807) is 11.8 Å². The Labute approximate surface area is 186 Å². The standard InChI is InChI=1S/C24H37N5S/c1-14-8-7-9-15(2)19(14)29-20-21(25)28(16(3)27-22(20)30-23(29)26)18-12-10-17(11-13-18)24(4,5)6/h7-9,17-18,21,23H,10-13,25-26H2,1-6H3. The fraction of sp³-hybridized carbons (Fsp3) is 0.625. The van der Waals surface area contributed by atoms with E-state index in [0.717, 1.165) is 22.5 Å². The maximum atomic E-state index is 6.97. The summed E-state index contributed by atoms with van der Waals surface area (Å²) in [5.41, 5.74) is 18.4. The average molecular weight is 428 g/mol. The Bertz CT molecular complexity index is 856. The lowest BCUT2D eigenvalue weighted by molar-refractivity contribution is 0.118. The molecule has 30 heavy (non-hydrogen) atoms. The van der Waals surface area contributed by atoms with Crippen LogP contribution in [0.5, 0.6) is 0 Å². The van der Waals surface area contributed by atoms with E-state index in [1.807, 2.05) is 0 Å². The van der Waals surface area contributed by atoms with Gasteiger partial charge >= 0.3 is 0 Å². The minimum atomic E-state index is -0.214. The van der Waals surface area contributed by atoms with E-state index >= 15 is 0 Å². The van der Waals surface area contributed by atoms with Gasteiger partial charge < -0.3 is 21.3 Å². The van der Waals surface area contributed by atoms with Gasteiger partial charge in [-0.05, 0) is 68.9 Å². The van der Waals surface area contributed by atoms with Gasteiger partial charge in [0.1, 0.15) is 22.5 Å². The molecule has 0 spiro atoms. The van der Waals surface area contributed by atoms with E-state index in [1.165, 1.54) is 42.5 Å². The van der Waals surface area contributed by atoms with Crippen molar-refractivity contribution >= 4 is 23.3 Å². The molecule has 2 atom stereocenters. The lowest BCUT2D eigenvalue weighted by atomic mass is 9.71. The molecule has 2 aliphatic heterocycles. The van der Waals surface area contributed by atoms with Crippen LogP contribution in [0.4, 0.5) is 5.69 Å².